The van der Waals surface area contributed by atoms with E-state index in [1.165, 1.54) is 5.56 Å². The normalized spacial score (nSPS) is 14.7. The third kappa shape index (κ3) is 5.84. The van der Waals surface area contributed by atoms with Crippen LogP contribution in [0.15, 0.2) is 88.5 Å². The summed E-state index contributed by atoms with van der Waals surface area (Å²) in [5.74, 6) is 0.808. The van der Waals surface area contributed by atoms with Crippen LogP contribution in [0.3, 0.4) is 0 Å². The zero-order valence-electron chi connectivity index (χ0n) is 19.9. The molecule has 1 aromatic heterocycles. The quantitative estimate of drug-likeness (QED) is 0.306. The van der Waals surface area contributed by atoms with Gasteiger partial charge in [0.1, 0.15) is 5.52 Å². The lowest BCUT2D eigenvalue weighted by Crippen LogP contribution is -2.48. The van der Waals surface area contributed by atoms with Gasteiger partial charge in [-0.1, -0.05) is 78.5 Å². The Hall–Kier alpha value is -3.35. The van der Waals surface area contributed by atoms with E-state index in [1.54, 1.807) is 11.8 Å². The van der Waals surface area contributed by atoms with E-state index in [2.05, 4.69) is 40.2 Å². The number of aryl methyl sites for hydroxylation is 1. The van der Waals surface area contributed by atoms with Crippen LogP contribution in [-0.2, 0) is 5.75 Å². The summed E-state index contributed by atoms with van der Waals surface area (Å²) in [6.45, 7) is 6.21. The zero-order valence-corrected chi connectivity index (χ0v) is 20.7. The summed E-state index contributed by atoms with van der Waals surface area (Å²) in [5.41, 5.74) is 5.88. The summed E-state index contributed by atoms with van der Waals surface area (Å²) in [7, 11) is 0. The second-order valence-corrected chi connectivity index (χ2v) is 9.72. The monoisotopic (exact) mass is 483 g/mol. The molecule has 0 aliphatic carbocycles. The molecule has 0 N–H and O–H groups in total. The van der Waals surface area contributed by atoms with Gasteiger partial charge in [0.25, 0.3) is 11.1 Å². The number of amides is 1. The highest BCUT2D eigenvalue weighted by molar-refractivity contribution is 7.98. The van der Waals surface area contributed by atoms with E-state index in [0.717, 1.165) is 60.5 Å². The Labute approximate surface area is 210 Å². The largest absolute Gasteiger partial charge is 0.431 e. The third-order valence-corrected chi connectivity index (χ3v) is 7.17. The molecule has 0 spiro atoms. The summed E-state index contributed by atoms with van der Waals surface area (Å²) in [5, 5.41) is 0.656. The van der Waals surface area contributed by atoms with Gasteiger partial charge in [-0.15, -0.1) is 0 Å². The van der Waals surface area contributed by atoms with Gasteiger partial charge in [0.05, 0.1) is 0 Å². The molecule has 0 bridgehead atoms. The van der Waals surface area contributed by atoms with Crippen LogP contribution in [-0.4, -0.2) is 53.4 Å². The number of hydrogen-bond donors (Lipinski definition) is 0. The van der Waals surface area contributed by atoms with Crippen LogP contribution in [0.1, 0.15) is 27.0 Å². The van der Waals surface area contributed by atoms with Crippen molar-refractivity contribution in [3.8, 4) is 0 Å². The number of oxazole rings is 1. The number of benzene rings is 3. The molecule has 0 unspecified atom stereocenters. The van der Waals surface area contributed by atoms with E-state index in [4.69, 9.17) is 4.42 Å². The minimum Gasteiger partial charge on any atom is -0.431 e. The van der Waals surface area contributed by atoms with Crippen molar-refractivity contribution in [2.24, 2.45) is 0 Å². The second kappa shape index (κ2) is 10.9. The molecule has 4 aromatic rings. The van der Waals surface area contributed by atoms with Crippen LogP contribution in [0.4, 0.5) is 0 Å². The number of carbonyl (C=O) groups is 1. The average molecular weight is 484 g/mol. The van der Waals surface area contributed by atoms with Gasteiger partial charge in [-0.25, -0.2) is 4.98 Å². The first-order valence-corrected chi connectivity index (χ1v) is 13.0. The van der Waals surface area contributed by atoms with Crippen molar-refractivity contribution in [3.63, 3.8) is 0 Å². The van der Waals surface area contributed by atoms with Crippen molar-refractivity contribution in [2.45, 2.75) is 17.9 Å². The number of para-hydroxylation sites is 1. The minimum atomic E-state index is 0.105. The Kier molecular flexibility index (Phi) is 7.31. The van der Waals surface area contributed by atoms with E-state index in [9.17, 15) is 4.79 Å². The van der Waals surface area contributed by atoms with Crippen molar-refractivity contribution < 1.29 is 9.21 Å². The van der Waals surface area contributed by atoms with Gasteiger partial charge >= 0.3 is 0 Å². The molecule has 178 valence electrons. The first-order chi connectivity index (χ1) is 17.2. The van der Waals surface area contributed by atoms with E-state index < -0.39 is 0 Å². The molecule has 0 saturated carbocycles. The maximum atomic E-state index is 13.1. The Morgan fingerprint density at radius 2 is 1.80 bits per heavy atom. The number of fused-ring (bicyclic) bond motifs is 1. The summed E-state index contributed by atoms with van der Waals surface area (Å²) in [6.07, 6.45) is 4.36. The number of carbonyl (C=O) groups excluding carboxylic acids is 1. The smallest absolute Gasteiger partial charge is 0.257 e. The molecule has 1 aliphatic rings. The maximum Gasteiger partial charge on any atom is 0.257 e. The lowest BCUT2D eigenvalue weighted by atomic mass is 10.1. The molecule has 0 atom stereocenters. The topological polar surface area (TPSA) is 49.6 Å². The number of thioether (sulfide) groups is 1. The molecule has 5 rings (SSSR count). The van der Waals surface area contributed by atoms with Crippen molar-refractivity contribution in [3.05, 3.63) is 101 Å². The Morgan fingerprint density at radius 3 is 2.60 bits per heavy atom. The molecular formula is C29H29N3O2S. The number of rotatable bonds is 7. The van der Waals surface area contributed by atoms with Crippen LogP contribution in [0.5, 0.6) is 0 Å². The van der Waals surface area contributed by atoms with Crippen molar-refractivity contribution >= 4 is 34.8 Å². The summed E-state index contributed by atoms with van der Waals surface area (Å²) < 4.78 is 5.87. The summed E-state index contributed by atoms with van der Waals surface area (Å²) in [4.78, 5) is 22.1. The highest BCUT2D eigenvalue weighted by Gasteiger charge is 2.21. The fourth-order valence-corrected chi connectivity index (χ4v) is 5.06. The van der Waals surface area contributed by atoms with E-state index in [1.807, 2.05) is 66.4 Å². The first kappa shape index (κ1) is 23.4. The van der Waals surface area contributed by atoms with Crippen LogP contribution >= 0.6 is 11.8 Å². The van der Waals surface area contributed by atoms with Gasteiger partial charge in [-0.2, -0.15) is 0 Å². The predicted octanol–water partition coefficient (Wildman–Crippen LogP) is 5.90. The van der Waals surface area contributed by atoms with E-state index >= 15 is 0 Å². The fourth-order valence-electron chi connectivity index (χ4n) is 4.28. The Morgan fingerprint density at radius 1 is 1.00 bits per heavy atom. The van der Waals surface area contributed by atoms with Crippen LogP contribution in [0.25, 0.3) is 17.2 Å². The average Bonchev–Trinajstić information content (AvgIpc) is 3.33. The SMILES string of the molecule is Cc1cccc2oc(SCc3cccc(C(=O)N4CCN(C/C=C/c5ccccc5)CC4)c3)nc12. The predicted molar refractivity (Wildman–Crippen MR) is 143 cm³/mol. The molecule has 1 aliphatic heterocycles. The zero-order chi connectivity index (χ0) is 24.0. The molecule has 2 heterocycles. The number of aromatic nitrogens is 1. The van der Waals surface area contributed by atoms with Crippen molar-refractivity contribution in [1.29, 1.82) is 0 Å². The van der Waals surface area contributed by atoms with Crippen LogP contribution in [0.2, 0.25) is 0 Å². The number of nitrogens with zero attached hydrogens (tertiary/aromatic N) is 3. The van der Waals surface area contributed by atoms with Crippen LogP contribution in [0, 0.1) is 6.92 Å². The highest BCUT2D eigenvalue weighted by atomic mass is 32.2. The molecule has 35 heavy (non-hydrogen) atoms. The molecule has 1 amide bonds. The fraction of sp³-hybridized carbons (Fsp3) is 0.241. The summed E-state index contributed by atoms with van der Waals surface area (Å²) in [6, 6.07) is 24.2. The second-order valence-electron chi connectivity index (χ2n) is 8.80. The standard InChI is InChI=1S/C29H29N3O2S/c1-22-8-5-14-26-27(22)30-29(34-26)35-21-24-11-6-13-25(20-24)28(33)32-18-16-31(17-19-32)15-7-12-23-9-3-2-4-10-23/h2-14,20H,15-19,21H2,1H3/b12-7+. The van der Waals surface area contributed by atoms with Crippen molar-refractivity contribution in [1.82, 2.24) is 14.8 Å². The highest BCUT2D eigenvalue weighted by Crippen LogP contribution is 2.28. The lowest BCUT2D eigenvalue weighted by Gasteiger charge is -2.34. The third-order valence-electron chi connectivity index (χ3n) is 6.27. The van der Waals surface area contributed by atoms with E-state index in [-0.39, 0.29) is 5.91 Å². The van der Waals surface area contributed by atoms with E-state index in [0.29, 0.717) is 11.0 Å². The molecule has 6 heteroatoms. The van der Waals surface area contributed by atoms with Gasteiger partial charge in [-0.3, -0.25) is 9.69 Å². The number of piperazine rings is 1. The molecule has 0 radical (unpaired) electrons. The molecular weight excluding hydrogens is 454 g/mol. The van der Waals surface area contributed by atoms with Gasteiger partial charge in [0.2, 0.25) is 0 Å². The van der Waals surface area contributed by atoms with Crippen molar-refractivity contribution in [2.75, 3.05) is 32.7 Å². The van der Waals surface area contributed by atoms with Gasteiger partial charge in [0, 0.05) is 44.0 Å². The minimum absolute atomic E-state index is 0.105. The molecule has 1 fully saturated rings. The molecule has 3 aromatic carbocycles. The molecule has 5 nitrogen and oxygen atoms in total. The maximum absolute atomic E-state index is 13.1. The lowest BCUT2D eigenvalue weighted by molar-refractivity contribution is 0.0650. The molecule has 1 saturated heterocycles. The van der Waals surface area contributed by atoms with Gasteiger partial charge < -0.3 is 9.32 Å². The Bertz CT molecular complexity index is 1320. The van der Waals surface area contributed by atoms with Gasteiger partial charge in [-0.05, 0) is 41.8 Å². The first-order valence-electron chi connectivity index (χ1n) is 12.0. The van der Waals surface area contributed by atoms with Crippen LogP contribution < -0.4 is 0 Å². The number of hydrogen-bond acceptors (Lipinski definition) is 5. The summed E-state index contributed by atoms with van der Waals surface area (Å²) >= 11 is 1.55. The van der Waals surface area contributed by atoms with Gasteiger partial charge in [0.15, 0.2) is 5.58 Å². The Balaban J connectivity index is 1.14.